The Bertz CT molecular complexity index is 423. The summed E-state index contributed by atoms with van der Waals surface area (Å²) in [4.78, 5) is 3.09. The van der Waals surface area contributed by atoms with E-state index in [2.05, 4.69) is 4.98 Å². The van der Waals surface area contributed by atoms with Gasteiger partial charge >= 0.3 is 0 Å². The lowest BCUT2D eigenvalue weighted by atomic mass is 10.2. The number of aromatic nitrogens is 1. The average Bonchev–Trinajstić information content (AvgIpc) is 2.76. The molecule has 0 saturated heterocycles. The Labute approximate surface area is 95.0 Å². The summed E-state index contributed by atoms with van der Waals surface area (Å²) in [5.41, 5.74) is 2.18. The van der Waals surface area contributed by atoms with Crippen molar-refractivity contribution in [3.63, 3.8) is 0 Å². The molecule has 1 aromatic carbocycles. The molecule has 0 radical (unpaired) electrons. The third-order valence-corrected chi connectivity index (χ3v) is 2.26. The second-order valence-electron chi connectivity index (χ2n) is 3.57. The van der Waals surface area contributed by atoms with Crippen molar-refractivity contribution < 1.29 is 9.47 Å². The molecule has 0 aliphatic heterocycles. The Kier molecular flexibility index (Phi) is 3.62. The van der Waals surface area contributed by atoms with Gasteiger partial charge in [-0.15, -0.1) is 0 Å². The van der Waals surface area contributed by atoms with Crippen LogP contribution in [0.1, 0.15) is 11.3 Å². The predicted molar refractivity (Wildman–Crippen MR) is 62.3 cm³/mol. The first-order valence-electron chi connectivity index (χ1n) is 5.21. The predicted octanol–water partition coefficient (Wildman–Crippen LogP) is 2.74. The van der Waals surface area contributed by atoms with E-state index >= 15 is 0 Å². The first-order valence-corrected chi connectivity index (χ1v) is 5.21. The molecule has 0 fully saturated rings. The maximum absolute atomic E-state index is 5.63. The number of hydrogen-bond donors (Lipinski definition) is 1. The van der Waals surface area contributed by atoms with Gasteiger partial charge in [-0.25, -0.2) is 0 Å². The minimum atomic E-state index is 0.578. The van der Waals surface area contributed by atoms with Crippen LogP contribution in [-0.2, 0) is 18.0 Å². The van der Waals surface area contributed by atoms with Crippen LogP contribution in [0.25, 0.3) is 0 Å². The molecular formula is C13H15NO2. The molecule has 2 aromatic rings. The molecule has 2 rings (SSSR count). The van der Waals surface area contributed by atoms with Gasteiger partial charge in [-0.05, 0) is 5.56 Å². The second-order valence-corrected chi connectivity index (χ2v) is 3.57. The van der Waals surface area contributed by atoms with Gasteiger partial charge in [0.25, 0.3) is 0 Å². The molecule has 3 nitrogen and oxygen atoms in total. The van der Waals surface area contributed by atoms with E-state index in [-0.39, 0.29) is 0 Å². The quantitative estimate of drug-likeness (QED) is 0.835. The Morgan fingerprint density at radius 3 is 2.69 bits per heavy atom. The van der Waals surface area contributed by atoms with E-state index in [1.807, 2.05) is 42.6 Å². The molecule has 1 N–H and O–H groups in total. The van der Waals surface area contributed by atoms with Crippen molar-refractivity contribution in [2.45, 2.75) is 13.2 Å². The van der Waals surface area contributed by atoms with Crippen LogP contribution in [0.2, 0.25) is 0 Å². The van der Waals surface area contributed by atoms with E-state index in [0.29, 0.717) is 13.2 Å². The Balaban J connectivity index is 1.89. The van der Waals surface area contributed by atoms with Crippen LogP contribution in [0.5, 0.6) is 5.75 Å². The molecule has 3 heteroatoms. The number of H-pyrrole nitrogens is 1. The van der Waals surface area contributed by atoms with Gasteiger partial charge in [0, 0.05) is 25.1 Å². The second kappa shape index (κ2) is 5.37. The SMILES string of the molecule is COCc1cc(OCc2ccccc2)c[nH]1. The lowest BCUT2D eigenvalue weighted by molar-refractivity contribution is 0.182. The summed E-state index contributed by atoms with van der Waals surface area (Å²) >= 11 is 0. The average molecular weight is 217 g/mol. The van der Waals surface area contributed by atoms with Crippen molar-refractivity contribution in [3.8, 4) is 5.75 Å². The minimum Gasteiger partial charge on any atom is -0.487 e. The van der Waals surface area contributed by atoms with E-state index in [9.17, 15) is 0 Å². The van der Waals surface area contributed by atoms with Crippen LogP contribution in [0.3, 0.4) is 0 Å². The summed E-state index contributed by atoms with van der Waals surface area (Å²) in [5, 5.41) is 0. The van der Waals surface area contributed by atoms with Crippen LogP contribution < -0.4 is 4.74 Å². The highest BCUT2D eigenvalue weighted by Gasteiger charge is 1.99. The summed E-state index contributed by atoms with van der Waals surface area (Å²) in [6.07, 6.45) is 1.84. The van der Waals surface area contributed by atoms with E-state index < -0.39 is 0 Å². The normalized spacial score (nSPS) is 10.3. The molecule has 0 bridgehead atoms. The standard InChI is InChI=1S/C13H15NO2/c1-15-10-12-7-13(8-14-12)16-9-11-5-3-2-4-6-11/h2-8,14H,9-10H2,1H3. The Hall–Kier alpha value is -1.74. The number of benzene rings is 1. The van der Waals surface area contributed by atoms with Gasteiger partial charge in [0.05, 0.1) is 6.61 Å². The molecule has 0 spiro atoms. The van der Waals surface area contributed by atoms with E-state index in [1.54, 1.807) is 7.11 Å². The highest BCUT2D eigenvalue weighted by molar-refractivity contribution is 5.23. The molecule has 1 aromatic heterocycles. The monoisotopic (exact) mass is 217 g/mol. The molecule has 0 amide bonds. The molecule has 1 heterocycles. The van der Waals surface area contributed by atoms with Gasteiger partial charge in [-0.2, -0.15) is 0 Å². The number of nitrogens with one attached hydrogen (secondary N) is 1. The van der Waals surface area contributed by atoms with Crippen LogP contribution in [0.15, 0.2) is 42.6 Å². The van der Waals surface area contributed by atoms with Crippen molar-refractivity contribution in [2.75, 3.05) is 7.11 Å². The zero-order chi connectivity index (χ0) is 11.2. The van der Waals surface area contributed by atoms with Gasteiger partial charge in [-0.3, -0.25) is 0 Å². The number of rotatable bonds is 5. The number of ether oxygens (including phenoxy) is 2. The van der Waals surface area contributed by atoms with Crippen molar-refractivity contribution in [2.24, 2.45) is 0 Å². The topological polar surface area (TPSA) is 34.2 Å². The summed E-state index contributed by atoms with van der Waals surface area (Å²) in [6.45, 7) is 1.17. The third-order valence-electron chi connectivity index (χ3n) is 2.26. The summed E-state index contributed by atoms with van der Waals surface area (Å²) in [6, 6.07) is 12.0. The Morgan fingerprint density at radius 1 is 1.12 bits per heavy atom. The number of hydrogen-bond acceptors (Lipinski definition) is 2. The molecule has 84 valence electrons. The first kappa shape index (κ1) is 10.8. The minimum absolute atomic E-state index is 0.578. The highest BCUT2D eigenvalue weighted by Crippen LogP contribution is 2.14. The number of aromatic amines is 1. The van der Waals surface area contributed by atoms with Crippen LogP contribution in [0, 0.1) is 0 Å². The van der Waals surface area contributed by atoms with Crippen molar-refractivity contribution in [1.82, 2.24) is 4.98 Å². The van der Waals surface area contributed by atoms with E-state index in [0.717, 1.165) is 17.0 Å². The van der Waals surface area contributed by atoms with Crippen LogP contribution in [0.4, 0.5) is 0 Å². The first-order chi connectivity index (χ1) is 7.88. The van der Waals surface area contributed by atoms with E-state index in [1.165, 1.54) is 0 Å². The van der Waals surface area contributed by atoms with Gasteiger partial charge in [0.2, 0.25) is 0 Å². The van der Waals surface area contributed by atoms with Crippen LogP contribution in [-0.4, -0.2) is 12.1 Å². The fourth-order valence-electron chi connectivity index (χ4n) is 1.48. The zero-order valence-corrected chi connectivity index (χ0v) is 9.27. The molecule has 16 heavy (non-hydrogen) atoms. The van der Waals surface area contributed by atoms with Crippen molar-refractivity contribution in [1.29, 1.82) is 0 Å². The number of methoxy groups -OCH3 is 1. The van der Waals surface area contributed by atoms with E-state index in [4.69, 9.17) is 9.47 Å². The molecule has 0 saturated carbocycles. The van der Waals surface area contributed by atoms with Crippen LogP contribution >= 0.6 is 0 Å². The largest absolute Gasteiger partial charge is 0.487 e. The van der Waals surface area contributed by atoms with Gasteiger partial charge in [0.15, 0.2) is 0 Å². The molecular weight excluding hydrogens is 202 g/mol. The van der Waals surface area contributed by atoms with Gasteiger partial charge in [-0.1, -0.05) is 30.3 Å². The van der Waals surface area contributed by atoms with Crippen molar-refractivity contribution >= 4 is 0 Å². The lowest BCUT2D eigenvalue weighted by Crippen LogP contribution is -1.93. The smallest absolute Gasteiger partial charge is 0.137 e. The maximum Gasteiger partial charge on any atom is 0.137 e. The maximum atomic E-state index is 5.63. The molecule has 0 aliphatic carbocycles. The lowest BCUT2D eigenvalue weighted by Gasteiger charge is -2.02. The molecule has 0 atom stereocenters. The summed E-state index contributed by atoms with van der Waals surface area (Å²) < 4.78 is 10.6. The zero-order valence-electron chi connectivity index (χ0n) is 9.27. The fraction of sp³-hybridized carbons (Fsp3) is 0.231. The highest BCUT2D eigenvalue weighted by atomic mass is 16.5. The Morgan fingerprint density at radius 2 is 1.94 bits per heavy atom. The van der Waals surface area contributed by atoms with Gasteiger partial charge < -0.3 is 14.5 Å². The molecule has 0 unspecified atom stereocenters. The molecule has 0 aliphatic rings. The third kappa shape index (κ3) is 2.87. The fourth-order valence-corrected chi connectivity index (χ4v) is 1.48. The summed E-state index contributed by atoms with van der Waals surface area (Å²) in [7, 11) is 1.67. The van der Waals surface area contributed by atoms with Crippen molar-refractivity contribution in [3.05, 3.63) is 53.9 Å². The van der Waals surface area contributed by atoms with Gasteiger partial charge in [0.1, 0.15) is 12.4 Å². The summed E-state index contributed by atoms with van der Waals surface area (Å²) in [5.74, 6) is 0.843.